The Labute approximate surface area is 291 Å². The fourth-order valence-electron chi connectivity index (χ4n) is 7.58. The Morgan fingerprint density at radius 2 is 1.68 bits per heavy atom. The Kier molecular flexibility index (Phi) is 10.8. The van der Waals surface area contributed by atoms with Crippen molar-refractivity contribution in [3.63, 3.8) is 0 Å². The molecule has 4 aromatic carbocycles. The first kappa shape index (κ1) is 35.1. The van der Waals surface area contributed by atoms with Crippen molar-refractivity contribution in [1.82, 2.24) is 0 Å². The molecule has 4 atom stereocenters. The number of nitrogens with zero attached hydrogens (tertiary/aromatic N) is 1. The van der Waals surface area contributed by atoms with Gasteiger partial charge in [-0.25, -0.2) is 0 Å². The summed E-state index contributed by atoms with van der Waals surface area (Å²) in [6, 6.07) is 26.4. The number of ether oxygens (including phenoxy) is 1. The molecule has 1 saturated heterocycles. The number of carbonyl (C=O) groups excluding carboxylic acids is 2. The third-order valence-electron chi connectivity index (χ3n) is 9.93. The predicted molar refractivity (Wildman–Crippen MR) is 194 cm³/mol. The third kappa shape index (κ3) is 7.11. The van der Waals surface area contributed by atoms with Crippen LogP contribution in [0.15, 0.2) is 108 Å². The number of phenolic OH excluding ortho intramolecular Hbond substituents is 1. The second-order valence-electron chi connectivity index (χ2n) is 13.1. The van der Waals surface area contributed by atoms with Gasteiger partial charge in [0.05, 0.1) is 30.2 Å². The van der Waals surface area contributed by atoms with E-state index < -0.39 is 49.4 Å². The van der Waals surface area contributed by atoms with Crippen molar-refractivity contribution >= 4 is 46.9 Å². The Bertz CT molecular complexity index is 1920. The van der Waals surface area contributed by atoms with E-state index in [1.165, 1.54) is 12.1 Å². The highest BCUT2D eigenvalue weighted by Crippen LogP contribution is 2.47. The number of amides is 2. The van der Waals surface area contributed by atoms with Gasteiger partial charge in [0.2, 0.25) is 11.8 Å². The molecule has 50 heavy (non-hydrogen) atoms. The van der Waals surface area contributed by atoms with Crippen LogP contribution in [0.25, 0.3) is 16.8 Å². The lowest BCUT2D eigenvalue weighted by Gasteiger charge is -2.36. The Morgan fingerprint density at radius 3 is 2.40 bits per heavy atom. The summed E-state index contributed by atoms with van der Waals surface area (Å²) in [6.07, 6.45) is 3.80. The van der Waals surface area contributed by atoms with E-state index in [2.05, 4.69) is 13.0 Å². The van der Waals surface area contributed by atoms with Crippen LogP contribution in [0.4, 0.5) is 5.69 Å². The molecule has 0 spiro atoms. The van der Waals surface area contributed by atoms with Crippen LogP contribution in [0.2, 0.25) is 0 Å². The molecule has 2 amide bonds. The second-order valence-corrected chi connectivity index (χ2v) is 13.1. The number of para-hydroxylation sites is 1. The molecule has 2 aliphatic rings. The van der Waals surface area contributed by atoms with Gasteiger partial charge in [-0.1, -0.05) is 85.7 Å². The number of carbonyl (C=O) groups is 2. The molecule has 0 unspecified atom stereocenters. The average molecular weight is 676 g/mol. The van der Waals surface area contributed by atoms with E-state index in [0.717, 1.165) is 39.7 Å². The predicted octanol–water partition coefficient (Wildman–Crippen LogP) is 4.74. The van der Waals surface area contributed by atoms with Crippen LogP contribution in [-0.2, 0) is 9.59 Å². The standard InChI is InChI=1S/C40H42BNO8/c1-2-9-25(20-26-17-19-35(44)32-15-7-6-14-31(26)32)16-18-36(45)37-27(24-50-30-12-4-3-5-13-30)21-33-38(34(37)23-43)40(47)42(39(33)46)29-11-8-10-28(22-29)41(48)49/h3-8,10-15,17,19-20,22,33-34,36,38,43-45,48-49H,2,9,16,18,21,23-24H2,1H3/b25-20+/t33-,34+,36-,38-/m1/s1. The number of phenols is 1. The van der Waals surface area contributed by atoms with Crippen molar-refractivity contribution < 1.29 is 39.7 Å². The molecule has 0 saturated carbocycles. The van der Waals surface area contributed by atoms with E-state index in [4.69, 9.17) is 4.74 Å². The molecule has 1 heterocycles. The second kappa shape index (κ2) is 15.4. The topological polar surface area (TPSA) is 148 Å². The molecule has 1 aliphatic heterocycles. The van der Waals surface area contributed by atoms with Gasteiger partial charge in [0.25, 0.3) is 0 Å². The van der Waals surface area contributed by atoms with Gasteiger partial charge in [-0.2, -0.15) is 0 Å². The van der Waals surface area contributed by atoms with Crippen molar-refractivity contribution in [3.8, 4) is 11.5 Å². The fourth-order valence-corrected chi connectivity index (χ4v) is 7.58. The summed E-state index contributed by atoms with van der Waals surface area (Å²) in [4.78, 5) is 29.0. The van der Waals surface area contributed by atoms with Gasteiger partial charge >= 0.3 is 7.12 Å². The first-order chi connectivity index (χ1) is 24.2. The number of hydrogen-bond donors (Lipinski definition) is 5. The lowest BCUT2D eigenvalue weighted by molar-refractivity contribution is -0.123. The van der Waals surface area contributed by atoms with Crippen molar-refractivity contribution in [2.45, 2.75) is 45.1 Å². The largest absolute Gasteiger partial charge is 0.507 e. The van der Waals surface area contributed by atoms with Crippen LogP contribution in [0.3, 0.4) is 0 Å². The van der Waals surface area contributed by atoms with Crippen LogP contribution >= 0.6 is 0 Å². The molecule has 4 aromatic rings. The zero-order valence-corrected chi connectivity index (χ0v) is 28.0. The summed E-state index contributed by atoms with van der Waals surface area (Å²) < 4.78 is 6.13. The van der Waals surface area contributed by atoms with Crippen LogP contribution in [0, 0.1) is 17.8 Å². The average Bonchev–Trinajstić information content (AvgIpc) is 3.38. The van der Waals surface area contributed by atoms with Crippen molar-refractivity contribution in [1.29, 1.82) is 0 Å². The highest BCUT2D eigenvalue weighted by atomic mass is 16.5. The molecule has 5 N–H and O–H groups in total. The zero-order chi connectivity index (χ0) is 35.4. The molecule has 1 fully saturated rings. The molecule has 258 valence electrons. The molecule has 0 aromatic heterocycles. The molecule has 1 aliphatic carbocycles. The Balaban J connectivity index is 1.32. The van der Waals surface area contributed by atoms with Gasteiger partial charge in [0.1, 0.15) is 18.1 Å². The minimum Gasteiger partial charge on any atom is -0.507 e. The number of benzene rings is 4. The minimum absolute atomic E-state index is 0.0704. The number of fused-ring (bicyclic) bond motifs is 2. The number of aliphatic hydroxyl groups excluding tert-OH is 2. The maximum absolute atomic E-state index is 14.0. The first-order valence-electron chi connectivity index (χ1n) is 17.1. The van der Waals surface area contributed by atoms with E-state index >= 15 is 0 Å². The van der Waals surface area contributed by atoms with E-state index in [0.29, 0.717) is 29.7 Å². The fraction of sp³-hybridized carbons (Fsp3) is 0.300. The van der Waals surface area contributed by atoms with Crippen molar-refractivity contribution in [2.24, 2.45) is 17.8 Å². The highest BCUT2D eigenvalue weighted by molar-refractivity contribution is 6.58. The van der Waals surface area contributed by atoms with E-state index in [1.54, 1.807) is 18.2 Å². The van der Waals surface area contributed by atoms with E-state index in [9.17, 15) is 35.0 Å². The third-order valence-corrected chi connectivity index (χ3v) is 9.93. The molecule has 10 heteroatoms. The normalized spacial score (nSPS) is 20.0. The van der Waals surface area contributed by atoms with Crippen LogP contribution in [0.5, 0.6) is 11.5 Å². The quantitative estimate of drug-likeness (QED) is 0.0776. The van der Waals surface area contributed by atoms with Gasteiger partial charge in [0, 0.05) is 11.3 Å². The monoisotopic (exact) mass is 675 g/mol. The maximum Gasteiger partial charge on any atom is 0.488 e. The van der Waals surface area contributed by atoms with Gasteiger partial charge in [0.15, 0.2) is 0 Å². The summed E-state index contributed by atoms with van der Waals surface area (Å²) in [5.41, 5.74) is 3.64. The molecular formula is C40H42BNO8. The summed E-state index contributed by atoms with van der Waals surface area (Å²) in [7, 11) is -1.78. The number of allylic oxidation sites excluding steroid dienone is 1. The number of aliphatic hydroxyl groups is 2. The minimum atomic E-state index is -1.78. The molecule has 9 nitrogen and oxygen atoms in total. The molecule has 0 bridgehead atoms. The Hall–Kier alpha value is -4.74. The highest BCUT2D eigenvalue weighted by Gasteiger charge is 2.55. The number of anilines is 1. The maximum atomic E-state index is 14.0. The Morgan fingerprint density at radius 1 is 0.940 bits per heavy atom. The number of imide groups is 1. The molecular weight excluding hydrogens is 633 g/mol. The van der Waals surface area contributed by atoms with Crippen LogP contribution in [0.1, 0.15) is 44.6 Å². The van der Waals surface area contributed by atoms with Gasteiger partial charge < -0.3 is 30.1 Å². The van der Waals surface area contributed by atoms with Gasteiger partial charge in [-0.3, -0.25) is 14.5 Å². The lowest BCUT2D eigenvalue weighted by atomic mass is 9.68. The number of hydrogen-bond acceptors (Lipinski definition) is 8. The van der Waals surface area contributed by atoms with Crippen LogP contribution in [-0.4, -0.2) is 63.6 Å². The smallest absolute Gasteiger partial charge is 0.488 e. The van der Waals surface area contributed by atoms with Gasteiger partial charge in [-0.05, 0) is 83.6 Å². The van der Waals surface area contributed by atoms with Crippen molar-refractivity contribution in [3.05, 3.63) is 113 Å². The van der Waals surface area contributed by atoms with Crippen LogP contribution < -0.4 is 15.1 Å². The molecule has 0 radical (unpaired) electrons. The van der Waals surface area contributed by atoms with E-state index in [-0.39, 0.29) is 29.9 Å². The first-order valence-corrected chi connectivity index (χ1v) is 17.1. The van der Waals surface area contributed by atoms with Crippen molar-refractivity contribution in [2.75, 3.05) is 18.1 Å². The summed E-state index contributed by atoms with van der Waals surface area (Å²) in [5, 5.41) is 54.3. The lowest BCUT2D eigenvalue weighted by Crippen LogP contribution is -2.40. The van der Waals surface area contributed by atoms with Gasteiger partial charge in [-0.15, -0.1) is 0 Å². The summed E-state index contributed by atoms with van der Waals surface area (Å²) >= 11 is 0. The number of rotatable bonds is 13. The number of aromatic hydroxyl groups is 1. The molecule has 6 rings (SSSR count). The summed E-state index contributed by atoms with van der Waals surface area (Å²) in [5.74, 6) is -2.64. The SMILES string of the molecule is CCC/C(=C\c1ccc(O)c2ccccc12)CC[C@@H](O)C1=C(COc2ccccc2)C[C@H]2C(=O)N(c3cccc(B(O)O)c3)C(=O)[C@H]2[C@H]1CO. The van der Waals surface area contributed by atoms with E-state index in [1.807, 2.05) is 60.7 Å². The summed E-state index contributed by atoms with van der Waals surface area (Å²) in [6.45, 7) is 1.71. The zero-order valence-electron chi connectivity index (χ0n) is 28.0.